The van der Waals surface area contributed by atoms with Crippen molar-refractivity contribution in [2.24, 2.45) is 0 Å². The van der Waals surface area contributed by atoms with Crippen LogP contribution < -0.4 is 10.6 Å². The van der Waals surface area contributed by atoms with E-state index in [2.05, 4.69) is 25.4 Å². The van der Waals surface area contributed by atoms with Gasteiger partial charge in [-0.15, -0.1) is 10.2 Å². The van der Waals surface area contributed by atoms with Gasteiger partial charge in [0, 0.05) is 19.5 Å². The van der Waals surface area contributed by atoms with E-state index < -0.39 is 5.60 Å². The number of nitrogens with zero attached hydrogens (tertiary/aromatic N) is 3. The number of carbonyl (C=O) groups is 1. The molecule has 0 unspecified atom stereocenters. The summed E-state index contributed by atoms with van der Waals surface area (Å²) < 4.78 is 2.05. The molecule has 0 spiro atoms. The molecule has 1 aromatic rings. The van der Waals surface area contributed by atoms with Gasteiger partial charge in [0.15, 0.2) is 5.82 Å². The number of hydrogen-bond donors (Lipinski definition) is 3. The third kappa shape index (κ3) is 3.27. The van der Waals surface area contributed by atoms with Crippen molar-refractivity contribution in [3.8, 4) is 0 Å². The summed E-state index contributed by atoms with van der Waals surface area (Å²) in [5.41, 5.74) is -0.826. The Hall–Kier alpha value is -1.63. The zero-order chi connectivity index (χ0) is 14.6. The van der Waals surface area contributed by atoms with Crippen molar-refractivity contribution < 1.29 is 9.90 Å². The van der Waals surface area contributed by atoms with Gasteiger partial charge in [0.25, 0.3) is 0 Å². The molecule has 2 amide bonds. The van der Waals surface area contributed by atoms with E-state index in [0.29, 0.717) is 19.4 Å². The molecule has 0 atom stereocenters. The van der Waals surface area contributed by atoms with Crippen molar-refractivity contribution in [2.45, 2.75) is 58.2 Å². The van der Waals surface area contributed by atoms with Gasteiger partial charge in [-0.05, 0) is 19.3 Å². The Morgan fingerprint density at radius 3 is 2.80 bits per heavy atom. The first-order valence-corrected chi connectivity index (χ1v) is 7.23. The molecule has 3 N–H and O–H groups in total. The summed E-state index contributed by atoms with van der Waals surface area (Å²) in [4.78, 5) is 11.7. The lowest BCUT2D eigenvalue weighted by atomic mass is 9.98. The number of aromatic nitrogens is 3. The summed E-state index contributed by atoms with van der Waals surface area (Å²) >= 11 is 0. The van der Waals surface area contributed by atoms with Crippen LogP contribution in [0.15, 0.2) is 0 Å². The number of hydrogen-bond acceptors (Lipinski definition) is 4. The van der Waals surface area contributed by atoms with Gasteiger partial charge in [-0.3, -0.25) is 0 Å². The van der Waals surface area contributed by atoms with Gasteiger partial charge in [0.2, 0.25) is 0 Å². The summed E-state index contributed by atoms with van der Waals surface area (Å²) in [6.07, 6.45) is 3.27. The molecule has 112 valence electrons. The van der Waals surface area contributed by atoms with E-state index in [-0.39, 0.29) is 12.6 Å². The monoisotopic (exact) mass is 281 g/mol. The first-order valence-electron chi connectivity index (χ1n) is 7.23. The van der Waals surface area contributed by atoms with Crippen molar-refractivity contribution >= 4 is 6.03 Å². The molecule has 1 aliphatic heterocycles. The van der Waals surface area contributed by atoms with E-state index in [0.717, 1.165) is 31.0 Å². The molecule has 20 heavy (non-hydrogen) atoms. The summed E-state index contributed by atoms with van der Waals surface area (Å²) in [5.74, 6) is 1.78. The summed E-state index contributed by atoms with van der Waals surface area (Å²) in [6.45, 7) is 5.34. The molecular weight excluding hydrogens is 258 g/mol. The van der Waals surface area contributed by atoms with Crippen molar-refractivity contribution in [1.82, 2.24) is 25.4 Å². The highest BCUT2D eigenvalue weighted by atomic mass is 16.3. The van der Waals surface area contributed by atoms with Gasteiger partial charge in [-0.1, -0.05) is 13.8 Å². The van der Waals surface area contributed by atoms with Crippen LogP contribution in [-0.2, 0) is 19.5 Å². The number of carbonyl (C=O) groups excluding carboxylic acids is 1. The van der Waals surface area contributed by atoms with Crippen molar-refractivity contribution in [1.29, 1.82) is 0 Å². The largest absolute Gasteiger partial charge is 0.388 e. The van der Waals surface area contributed by atoms with E-state index in [9.17, 15) is 9.90 Å². The van der Waals surface area contributed by atoms with E-state index in [4.69, 9.17) is 0 Å². The minimum absolute atomic E-state index is 0.254. The van der Waals surface area contributed by atoms with Gasteiger partial charge in [-0.25, -0.2) is 4.79 Å². The normalized spacial score (nSPS) is 14.2. The summed E-state index contributed by atoms with van der Waals surface area (Å²) in [6, 6.07) is -0.291. The highest BCUT2D eigenvalue weighted by Crippen LogP contribution is 2.14. The van der Waals surface area contributed by atoms with Crippen molar-refractivity contribution in [3.05, 3.63) is 11.6 Å². The van der Waals surface area contributed by atoms with Crippen LogP contribution in [0, 0.1) is 0 Å². The Labute approximate surface area is 118 Å². The second-order valence-electron chi connectivity index (χ2n) is 5.26. The van der Waals surface area contributed by atoms with Crippen LogP contribution in [0.25, 0.3) is 0 Å². The molecule has 0 saturated carbocycles. The van der Waals surface area contributed by atoms with Crippen LogP contribution in [0.5, 0.6) is 0 Å². The number of amides is 2. The maximum atomic E-state index is 11.7. The average Bonchev–Trinajstić information content (AvgIpc) is 3.06. The maximum absolute atomic E-state index is 11.7. The zero-order valence-electron chi connectivity index (χ0n) is 12.1. The Morgan fingerprint density at radius 2 is 2.10 bits per heavy atom. The average molecular weight is 281 g/mol. The Balaban J connectivity index is 1.78. The molecule has 1 aliphatic rings. The molecule has 2 heterocycles. The van der Waals surface area contributed by atoms with Gasteiger partial charge in [0.05, 0.1) is 12.1 Å². The Kier molecular flexibility index (Phi) is 4.59. The fourth-order valence-corrected chi connectivity index (χ4v) is 2.31. The number of fused-ring (bicyclic) bond motifs is 1. The standard InChI is InChI=1S/C13H23N5O2/c1-3-13(20,4-2)9-15-12(19)14-8-11-17-16-10-6-5-7-18(10)11/h20H,3-9H2,1-2H3,(H2,14,15,19). The highest BCUT2D eigenvalue weighted by molar-refractivity contribution is 5.73. The van der Waals surface area contributed by atoms with Crippen LogP contribution in [-0.4, -0.2) is 38.0 Å². The number of urea groups is 1. The maximum Gasteiger partial charge on any atom is 0.315 e. The number of rotatable bonds is 6. The third-order valence-corrected chi connectivity index (χ3v) is 3.99. The molecule has 7 nitrogen and oxygen atoms in total. The predicted octanol–water partition coefficient (Wildman–Crippen LogP) is 0.575. The minimum atomic E-state index is -0.826. The molecule has 0 fully saturated rings. The lowest BCUT2D eigenvalue weighted by Gasteiger charge is -2.25. The van der Waals surface area contributed by atoms with E-state index in [1.165, 1.54) is 0 Å². The fourth-order valence-electron chi connectivity index (χ4n) is 2.31. The van der Waals surface area contributed by atoms with E-state index in [1.54, 1.807) is 0 Å². The van der Waals surface area contributed by atoms with Crippen molar-refractivity contribution in [2.75, 3.05) is 6.54 Å². The Bertz CT molecular complexity index is 467. The zero-order valence-corrected chi connectivity index (χ0v) is 12.1. The second-order valence-corrected chi connectivity index (χ2v) is 5.26. The molecule has 0 saturated heterocycles. The molecule has 0 radical (unpaired) electrons. The predicted molar refractivity (Wildman–Crippen MR) is 74.1 cm³/mol. The van der Waals surface area contributed by atoms with Gasteiger partial charge < -0.3 is 20.3 Å². The first-order chi connectivity index (χ1) is 9.58. The van der Waals surface area contributed by atoms with Gasteiger partial charge >= 0.3 is 6.03 Å². The number of aryl methyl sites for hydroxylation is 1. The lowest BCUT2D eigenvalue weighted by molar-refractivity contribution is 0.0349. The van der Waals surface area contributed by atoms with Gasteiger partial charge in [-0.2, -0.15) is 0 Å². The van der Waals surface area contributed by atoms with Crippen molar-refractivity contribution in [3.63, 3.8) is 0 Å². The number of nitrogens with one attached hydrogen (secondary N) is 2. The quantitative estimate of drug-likeness (QED) is 0.711. The van der Waals surface area contributed by atoms with Crippen LogP contribution in [0.4, 0.5) is 4.79 Å². The first kappa shape index (κ1) is 14.8. The molecule has 7 heteroatoms. The molecular formula is C13H23N5O2. The molecule has 2 rings (SSSR count). The van der Waals surface area contributed by atoms with Crippen LogP contribution in [0.3, 0.4) is 0 Å². The summed E-state index contributed by atoms with van der Waals surface area (Å²) in [5, 5.41) is 23.7. The van der Waals surface area contributed by atoms with Gasteiger partial charge in [0.1, 0.15) is 5.82 Å². The topological polar surface area (TPSA) is 92.1 Å². The fraction of sp³-hybridized carbons (Fsp3) is 0.769. The molecule has 0 aliphatic carbocycles. The van der Waals surface area contributed by atoms with E-state index >= 15 is 0 Å². The van der Waals surface area contributed by atoms with Crippen LogP contribution in [0.1, 0.15) is 44.8 Å². The molecule has 1 aromatic heterocycles. The number of aliphatic hydroxyl groups is 1. The van der Waals surface area contributed by atoms with E-state index in [1.807, 2.05) is 13.8 Å². The second kappa shape index (κ2) is 6.21. The SMILES string of the molecule is CCC(O)(CC)CNC(=O)NCc1nnc2n1CCC2. The van der Waals surface area contributed by atoms with Crippen LogP contribution >= 0.6 is 0 Å². The van der Waals surface area contributed by atoms with Crippen LogP contribution in [0.2, 0.25) is 0 Å². The molecule has 0 aromatic carbocycles. The summed E-state index contributed by atoms with van der Waals surface area (Å²) in [7, 11) is 0. The third-order valence-electron chi connectivity index (χ3n) is 3.99. The molecule has 0 bridgehead atoms. The smallest absolute Gasteiger partial charge is 0.315 e. The highest BCUT2D eigenvalue weighted by Gasteiger charge is 2.23. The minimum Gasteiger partial charge on any atom is -0.388 e. The lowest BCUT2D eigenvalue weighted by Crippen LogP contribution is -2.45. The Morgan fingerprint density at radius 1 is 1.35 bits per heavy atom.